The van der Waals surface area contributed by atoms with E-state index in [4.69, 9.17) is 0 Å². The summed E-state index contributed by atoms with van der Waals surface area (Å²) in [5.74, 6) is -2.82. The van der Waals surface area contributed by atoms with E-state index in [0.29, 0.717) is 25.7 Å². The summed E-state index contributed by atoms with van der Waals surface area (Å²) in [6.07, 6.45) is 10.7. The Morgan fingerprint density at radius 3 is 1.05 bits per heavy atom. The molecule has 0 aromatic rings. The van der Waals surface area contributed by atoms with Crippen molar-refractivity contribution >= 4 is 0 Å². The largest absolute Gasteiger partial charge is 0.366 e. The van der Waals surface area contributed by atoms with Gasteiger partial charge in [0, 0.05) is 12.8 Å². The summed E-state index contributed by atoms with van der Waals surface area (Å²) in [6.45, 7) is 7.87. The molecule has 0 saturated heterocycles. The summed E-state index contributed by atoms with van der Waals surface area (Å²) in [5, 5.41) is 36.7. The van der Waals surface area contributed by atoms with Crippen LogP contribution in [0.3, 0.4) is 0 Å². The van der Waals surface area contributed by atoms with Gasteiger partial charge in [-0.05, 0) is 25.7 Å². The molecule has 0 saturated carbocycles. The molecule has 22 heavy (non-hydrogen) atoms. The topological polar surface area (TPSA) is 80.9 Å². The SMILES string of the molecule is CCCCCCC(O)(O)CC.CCCCCCC(O)(O)CC. The van der Waals surface area contributed by atoms with Gasteiger partial charge in [-0.2, -0.15) is 0 Å². The van der Waals surface area contributed by atoms with Gasteiger partial charge in [-0.25, -0.2) is 0 Å². The molecule has 0 aliphatic heterocycles. The van der Waals surface area contributed by atoms with Crippen molar-refractivity contribution in [3.63, 3.8) is 0 Å². The molecule has 0 aromatic heterocycles. The highest BCUT2D eigenvalue weighted by Crippen LogP contribution is 2.16. The molecule has 0 unspecified atom stereocenters. The van der Waals surface area contributed by atoms with Gasteiger partial charge in [0.05, 0.1) is 0 Å². The second-order valence-electron chi connectivity index (χ2n) is 6.29. The Labute approximate surface area is 137 Å². The van der Waals surface area contributed by atoms with E-state index >= 15 is 0 Å². The van der Waals surface area contributed by atoms with Gasteiger partial charge in [-0.15, -0.1) is 0 Å². The van der Waals surface area contributed by atoms with Crippen LogP contribution >= 0.6 is 0 Å². The van der Waals surface area contributed by atoms with Crippen molar-refractivity contribution in [2.45, 2.75) is 116 Å². The predicted octanol–water partition coefficient (Wildman–Crippen LogP) is 4.10. The lowest BCUT2D eigenvalue weighted by atomic mass is 10.0. The lowest BCUT2D eigenvalue weighted by Gasteiger charge is -2.18. The minimum absolute atomic E-state index is 0.430. The molecule has 0 bridgehead atoms. The van der Waals surface area contributed by atoms with E-state index in [9.17, 15) is 20.4 Å². The maximum atomic E-state index is 9.18. The molecule has 0 heterocycles. The smallest absolute Gasteiger partial charge is 0.162 e. The number of hydrogen-bond donors (Lipinski definition) is 4. The van der Waals surface area contributed by atoms with Gasteiger partial charge in [-0.1, -0.05) is 66.2 Å². The lowest BCUT2D eigenvalue weighted by molar-refractivity contribution is -0.168. The van der Waals surface area contributed by atoms with Crippen LogP contribution in [0.5, 0.6) is 0 Å². The first-order valence-electron chi connectivity index (χ1n) is 9.14. The second kappa shape index (κ2) is 14.4. The third-order valence-electron chi connectivity index (χ3n) is 3.99. The molecule has 0 amide bonds. The zero-order valence-electron chi connectivity index (χ0n) is 15.3. The maximum absolute atomic E-state index is 9.18. The fourth-order valence-corrected chi connectivity index (χ4v) is 2.02. The van der Waals surface area contributed by atoms with Crippen molar-refractivity contribution in [3.8, 4) is 0 Å². The van der Waals surface area contributed by atoms with Crippen molar-refractivity contribution in [2.24, 2.45) is 0 Å². The van der Waals surface area contributed by atoms with Gasteiger partial charge in [0.2, 0.25) is 0 Å². The highest BCUT2D eigenvalue weighted by Gasteiger charge is 2.19. The standard InChI is InChI=1S/2C9H20O2/c2*1-3-5-6-7-8-9(10,11)4-2/h2*10-11H,3-8H2,1-2H3. The predicted molar refractivity (Wildman–Crippen MR) is 92.4 cm³/mol. The highest BCUT2D eigenvalue weighted by atomic mass is 16.5. The Kier molecular flexibility index (Phi) is 15.8. The Morgan fingerprint density at radius 1 is 0.500 bits per heavy atom. The van der Waals surface area contributed by atoms with E-state index in [1.54, 1.807) is 13.8 Å². The molecule has 136 valence electrons. The monoisotopic (exact) mass is 320 g/mol. The highest BCUT2D eigenvalue weighted by molar-refractivity contribution is 4.61. The summed E-state index contributed by atoms with van der Waals surface area (Å²) in [5.41, 5.74) is 0. The first-order valence-corrected chi connectivity index (χ1v) is 9.14. The van der Waals surface area contributed by atoms with Crippen LogP contribution in [0.15, 0.2) is 0 Å². The summed E-state index contributed by atoms with van der Waals surface area (Å²) in [6, 6.07) is 0. The number of unbranched alkanes of at least 4 members (excludes halogenated alkanes) is 6. The maximum Gasteiger partial charge on any atom is 0.162 e. The lowest BCUT2D eigenvalue weighted by Crippen LogP contribution is -2.26. The molecule has 4 heteroatoms. The average Bonchev–Trinajstić information content (AvgIpc) is 2.49. The van der Waals surface area contributed by atoms with Crippen LogP contribution in [0.2, 0.25) is 0 Å². The fraction of sp³-hybridized carbons (Fsp3) is 1.00. The van der Waals surface area contributed by atoms with Gasteiger partial charge >= 0.3 is 0 Å². The van der Waals surface area contributed by atoms with Crippen molar-refractivity contribution in [1.82, 2.24) is 0 Å². The van der Waals surface area contributed by atoms with Crippen LogP contribution in [0.1, 0.15) is 105 Å². The molecule has 0 fully saturated rings. The molecule has 0 rings (SSSR count). The summed E-state index contributed by atoms with van der Waals surface area (Å²) in [7, 11) is 0. The van der Waals surface area contributed by atoms with Gasteiger partial charge in [0.15, 0.2) is 11.6 Å². The quantitative estimate of drug-likeness (QED) is 0.322. The van der Waals surface area contributed by atoms with Gasteiger partial charge in [-0.3, -0.25) is 0 Å². The molecule has 0 spiro atoms. The number of rotatable bonds is 12. The molecule has 4 N–H and O–H groups in total. The fourth-order valence-electron chi connectivity index (χ4n) is 2.02. The van der Waals surface area contributed by atoms with Crippen molar-refractivity contribution in [3.05, 3.63) is 0 Å². The number of hydrogen-bond acceptors (Lipinski definition) is 4. The van der Waals surface area contributed by atoms with E-state index in [1.807, 2.05) is 0 Å². The first-order chi connectivity index (χ1) is 10.2. The summed E-state index contributed by atoms with van der Waals surface area (Å²) in [4.78, 5) is 0. The van der Waals surface area contributed by atoms with E-state index in [-0.39, 0.29) is 0 Å². The van der Waals surface area contributed by atoms with Crippen LogP contribution in [-0.2, 0) is 0 Å². The zero-order valence-corrected chi connectivity index (χ0v) is 15.3. The first kappa shape index (κ1) is 24.1. The van der Waals surface area contributed by atoms with Gasteiger partial charge in [0.25, 0.3) is 0 Å². The summed E-state index contributed by atoms with van der Waals surface area (Å²) >= 11 is 0. The average molecular weight is 321 g/mol. The molecule has 4 nitrogen and oxygen atoms in total. The van der Waals surface area contributed by atoms with Crippen LogP contribution in [0.25, 0.3) is 0 Å². The number of aliphatic hydroxyl groups is 4. The molecule has 0 atom stereocenters. The van der Waals surface area contributed by atoms with Gasteiger partial charge in [0.1, 0.15) is 0 Å². The summed E-state index contributed by atoms with van der Waals surface area (Å²) < 4.78 is 0. The van der Waals surface area contributed by atoms with E-state index in [0.717, 1.165) is 25.7 Å². The van der Waals surface area contributed by atoms with E-state index in [1.165, 1.54) is 25.7 Å². The van der Waals surface area contributed by atoms with Crippen LogP contribution < -0.4 is 0 Å². The van der Waals surface area contributed by atoms with E-state index < -0.39 is 11.6 Å². The van der Waals surface area contributed by atoms with Crippen LogP contribution in [0, 0.1) is 0 Å². The minimum atomic E-state index is -1.41. The van der Waals surface area contributed by atoms with Crippen molar-refractivity contribution in [1.29, 1.82) is 0 Å². The third-order valence-corrected chi connectivity index (χ3v) is 3.99. The molecular weight excluding hydrogens is 280 g/mol. The van der Waals surface area contributed by atoms with E-state index in [2.05, 4.69) is 13.8 Å². The Hall–Kier alpha value is -0.160. The van der Waals surface area contributed by atoms with Crippen molar-refractivity contribution in [2.75, 3.05) is 0 Å². The Bertz CT molecular complexity index is 203. The molecular formula is C18H40O4. The van der Waals surface area contributed by atoms with Gasteiger partial charge < -0.3 is 20.4 Å². The second-order valence-corrected chi connectivity index (χ2v) is 6.29. The molecule has 0 aliphatic rings. The molecule has 0 aromatic carbocycles. The van der Waals surface area contributed by atoms with Crippen LogP contribution in [0.4, 0.5) is 0 Å². The van der Waals surface area contributed by atoms with Crippen LogP contribution in [-0.4, -0.2) is 32.0 Å². The Morgan fingerprint density at radius 2 is 0.818 bits per heavy atom. The molecule has 0 radical (unpaired) electrons. The third kappa shape index (κ3) is 17.9. The molecule has 0 aliphatic carbocycles. The van der Waals surface area contributed by atoms with Crippen molar-refractivity contribution < 1.29 is 20.4 Å². The zero-order chi connectivity index (χ0) is 17.5. The Balaban J connectivity index is 0. The minimum Gasteiger partial charge on any atom is -0.366 e. The normalized spacial score (nSPS) is 12.0.